The van der Waals surface area contributed by atoms with Crippen LogP contribution in [0.1, 0.15) is 34.2 Å². The lowest BCUT2D eigenvalue weighted by Gasteiger charge is -2.17. The molecule has 0 saturated heterocycles. The van der Waals surface area contributed by atoms with Crippen molar-refractivity contribution in [1.29, 1.82) is 0 Å². The second kappa shape index (κ2) is 6.88. The van der Waals surface area contributed by atoms with Gasteiger partial charge in [-0.25, -0.2) is 9.18 Å². The molecule has 1 saturated carbocycles. The fourth-order valence-corrected chi connectivity index (χ4v) is 3.61. The molecular formula is C20H16FNO3S. The topological polar surface area (TPSA) is 55.4 Å². The zero-order chi connectivity index (χ0) is 18.1. The molecule has 2 aromatic carbocycles. The van der Waals surface area contributed by atoms with E-state index in [0.717, 1.165) is 17.5 Å². The van der Waals surface area contributed by atoms with Crippen LogP contribution in [0.5, 0.6) is 0 Å². The van der Waals surface area contributed by atoms with Gasteiger partial charge in [-0.3, -0.25) is 4.79 Å². The van der Waals surface area contributed by atoms with Crippen molar-refractivity contribution in [2.45, 2.75) is 25.0 Å². The summed E-state index contributed by atoms with van der Waals surface area (Å²) in [5.74, 6) is -1.27. The van der Waals surface area contributed by atoms with E-state index in [9.17, 15) is 14.0 Å². The summed E-state index contributed by atoms with van der Waals surface area (Å²) >= 11 is 1.22. The molecule has 6 heteroatoms. The summed E-state index contributed by atoms with van der Waals surface area (Å²) in [6.07, 6.45) is 0.887. The standard InChI is InChI=1S/C20H16FNO3S/c21-14-6-9-16-13(10-14)11-17(26-16)20(24)25-18(12-4-2-1-3-5-12)19(23)22-15-7-8-15/h1-6,9-11,15,18H,7-8H2,(H,22,23)/t18-/m0/s1. The normalized spacial score (nSPS) is 14.8. The molecule has 0 spiro atoms. The van der Waals surface area contributed by atoms with Crippen LogP contribution in [0, 0.1) is 5.82 Å². The number of hydrogen-bond donors (Lipinski definition) is 1. The smallest absolute Gasteiger partial charge is 0.349 e. The van der Waals surface area contributed by atoms with Crippen molar-refractivity contribution in [3.8, 4) is 0 Å². The molecule has 1 fully saturated rings. The highest BCUT2D eigenvalue weighted by atomic mass is 32.1. The highest BCUT2D eigenvalue weighted by Crippen LogP contribution is 2.29. The van der Waals surface area contributed by atoms with Crippen LogP contribution in [0.4, 0.5) is 4.39 Å². The van der Waals surface area contributed by atoms with Crippen molar-refractivity contribution in [2.75, 3.05) is 0 Å². The van der Waals surface area contributed by atoms with Crippen molar-refractivity contribution in [1.82, 2.24) is 5.32 Å². The maximum atomic E-state index is 13.3. The number of esters is 1. The van der Waals surface area contributed by atoms with Crippen LogP contribution in [0.15, 0.2) is 54.6 Å². The van der Waals surface area contributed by atoms with Crippen LogP contribution in [0.3, 0.4) is 0 Å². The summed E-state index contributed by atoms with van der Waals surface area (Å²) in [6, 6.07) is 15.0. The van der Waals surface area contributed by atoms with Crippen molar-refractivity contribution < 1.29 is 18.7 Å². The SMILES string of the molecule is O=C(O[C@H](C(=O)NC1CC1)c1ccccc1)c1cc2cc(F)ccc2s1. The first-order valence-corrected chi connectivity index (χ1v) is 9.17. The van der Waals surface area contributed by atoms with Crippen molar-refractivity contribution in [2.24, 2.45) is 0 Å². The van der Waals surface area contributed by atoms with Gasteiger partial charge in [0.25, 0.3) is 5.91 Å². The molecule has 1 aliphatic carbocycles. The van der Waals surface area contributed by atoms with Gasteiger partial charge in [0.05, 0.1) is 0 Å². The molecule has 0 unspecified atom stereocenters. The van der Waals surface area contributed by atoms with Crippen molar-refractivity contribution in [3.05, 3.63) is 70.9 Å². The van der Waals surface area contributed by atoms with Gasteiger partial charge in [-0.1, -0.05) is 30.3 Å². The van der Waals surface area contributed by atoms with Gasteiger partial charge in [0.1, 0.15) is 10.7 Å². The number of carbonyl (C=O) groups is 2. The van der Waals surface area contributed by atoms with E-state index in [1.807, 2.05) is 6.07 Å². The molecule has 4 nitrogen and oxygen atoms in total. The van der Waals surface area contributed by atoms with E-state index in [4.69, 9.17) is 4.74 Å². The van der Waals surface area contributed by atoms with E-state index >= 15 is 0 Å². The number of amides is 1. The van der Waals surface area contributed by atoms with Gasteiger partial charge in [0.2, 0.25) is 6.10 Å². The molecule has 4 rings (SSSR count). The van der Waals surface area contributed by atoms with Crippen LogP contribution in [-0.4, -0.2) is 17.9 Å². The third-order valence-electron chi connectivity index (χ3n) is 4.17. The lowest BCUT2D eigenvalue weighted by molar-refractivity contribution is -0.130. The third kappa shape index (κ3) is 3.60. The molecule has 1 heterocycles. The zero-order valence-corrected chi connectivity index (χ0v) is 14.6. The second-order valence-electron chi connectivity index (χ2n) is 6.27. The zero-order valence-electron chi connectivity index (χ0n) is 13.8. The maximum Gasteiger partial charge on any atom is 0.349 e. The van der Waals surface area contributed by atoms with Gasteiger partial charge in [-0.2, -0.15) is 0 Å². The molecule has 1 aliphatic rings. The van der Waals surface area contributed by atoms with Crippen molar-refractivity contribution >= 4 is 33.3 Å². The van der Waals surface area contributed by atoms with Gasteiger partial charge >= 0.3 is 5.97 Å². The Kier molecular flexibility index (Phi) is 4.42. The first kappa shape index (κ1) is 16.7. The average Bonchev–Trinajstić information content (AvgIpc) is 3.35. The Labute approximate surface area is 153 Å². The molecule has 26 heavy (non-hydrogen) atoms. The van der Waals surface area contributed by atoms with Crippen LogP contribution < -0.4 is 5.32 Å². The van der Waals surface area contributed by atoms with E-state index in [0.29, 0.717) is 15.8 Å². The lowest BCUT2D eigenvalue weighted by Crippen LogP contribution is -2.33. The molecule has 1 aromatic heterocycles. The van der Waals surface area contributed by atoms with Crippen LogP contribution in [0.25, 0.3) is 10.1 Å². The number of nitrogens with one attached hydrogen (secondary N) is 1. The summed E-state index contributed by atoms with van der Waals surface area (Å²) in [5.41, 5.74) is 0.617. The Morgan fingerprint density at radius 1 is 1.12 bits per heavy atom. The largest absolute Gasteiger partial charge is 0.443 e. The van der Waals surface area contributed by atoms with Crippen LogP contribution in [0.2, 0.25) is 0 Å². The fourth-order valence-electron chi connectivity index (χ4n) is 2.69. The summed E-state index contributed by atoms with van der Waals surface area (Å²) in [7, 11) is 0. The highest BCUT2D eigenvalue weighted by Gasteiger charge is 2.31. The van der Waals surface area contributed by atoms with E-state index < -0.39 is 12.1 Å². The number of carbonyl (C=O) groups excluding carboxylic acids is 2. The molecule has 132 valence electrons. The number of ether oxygens (including phenoxy) is 1. The predicted octanol–water partition coefficient (Wildman–Crippen LogP) is 4.22. The number of rotatable bonds is 5. The Morgan fingerprint density at radius 3 is 2.62 bits per heavy atom. The molecule has 1 N–H and O–H groups in total. The Morgan fingerprint density at radius 2 is 1.88 bits per heavy atom. The molecule has 0 aliphatic heterocycles. The van der Waals surface area contributed by atoms with Crippen LogP contribution >= 0.6 is 11.3 Å². The minimum absolute atomic E-state index is 0.166. The van der Waals surface area contributed by atoms with Gasteiger partial charge in [-0.05, 0) is 42.5 Å². The quantitative estimate of drug-likeness (QED) is 0.685. The van der Waals surface area contributed by atoms with Gasteiger partial charge in [0.15, 0.2) is 0 Å². The summed E-state index contributed by atoms with van der Waals surface area (Å²) < 4.78 is 19.7. The minimum Gasteiger partial charge on any atom is -0.443 e. The number of benzene rings is 2. The van der Waals surface area contributed by atoms with Crippen LogP contribution in [-0.2, 0) is 9.53 Å². The van der Waals surface area contributed by atoms with E-state index in [1.54, 1.807) is 36.4 Å². The summed E-state index contributed by atoms with van der Waals surface area (Å²) in [6.45, 7) is 0. The Bertz CT molecular complexity index is 966. The number of hydrogen-bond acceptors (Lipinski definition) is 4. The van der Waals surface area contributed by atoms with Gasteiger partial charge < -0.3 is 10.1 Å². The van der Waals surface area contributed by atoms with Crippen molar-refractivity contribution in [3.63, 3.8) is 0 Å². The predicted molar refractivity (Wildman–Crippen MR) is 97.5 cm³/mol. The van der Waals surface area contributed by atoms with E-state index in [-0.39, 0.29) is 17.8 Å². The maximum absolute atomic E-state index is 13.3. The van der Waals surface area contributed by atoms with Gasteiger partial charge in [-0.15, -0.1) is 11.3 Å². The first-order valence-electron chi connectivity index (χ1n) is 8.35. The number of fused-ring (bicyclic) bond motifs is 1. The average molecular weight is 369 g/mol. The number of thiophene rings is 1. The number of halogens is 1. The summed E-state index contributed by atoms with van der Waals surface area (Å²) in [4.78, 5) is 25.5. The molecular weight excluding hydrogens is 353 g/mol. The van der Waals surface area contributed by atoms with E-state index in [1.165, 1.54) is 23.5 Å². The van der Waals surface area contributed by atoms with Gasteiger partial charge in [0, 0.05) is 16.3 Å². The molecule has 1 amide bonds. The molecule has 3 aromatic rings. The van der Waals surface area contributed by atoms with E-state index in [2.05, 4.69) is 5.32 Å². The Balaban J connectivity index is 1.59. The summed E-state index contributed by atoms with van der Waals surface area (Å²) in [5, 5.41) is 3.52. The minimum atomic E-state index is -1.01. The molecule has 0 bridgehead atoms. The fraction of sp³-hybridized carbons (Fsp3) is 0.200. The second-order valence-corrected chi connectivity index (χ2v) is 7.36. The first-order chi connectivity index (χ1) is 12.6. The molecule has 0 radical (unpaired) electrons. The highest BCUT2D eigenvalue weighted by molar-refractivity contribution is 7.20. The molecule has 1 atom stereocenters. The lowest BCUT2D eigenvalue weighted by atomic mass is 10.1. The monoisotopic (exact) mass is 369 g/mol. The Hall–Kier alpha value is -2.73. The third-order valence-corrected chi connectivity index (χ3v) is 5.26.